The fourth-order valence-corrected chi connectivity index (χ4v) is 4.12. The first-order chi connectivity index (χ1) is 14.9. The van der Waals surface area contributed by atoms with Crippen molar-refractivity contribution in [3.8, 4) is 11.5 Å². The first kappa shape index (κ1) is 20.3. The second kappa shape index (κ2) is 8.41. The second-order valence-corrected chi connectivity index (χ2v) is 8.49. The van der Waals surface area contributed by atoms with Crippen LogP contribution in [0.4, 0.5) is 5.95 Å². The Kier molecular flexibility index (Phi) is 5.50. The van der Waals surface area contributed by atoms with Crippen molar-refractivity contribution in [2.24, 2.45) is 0 Å². The number of carbonyl (C=O) groups is 1. The Balaban J connectivity index is 1.55. The normalized spacial score (nSPS) is 11.1. The van der Waals surface area contributed by atoms with E-state index in [1.165, 1.54) is 36.4 Å². The highest BCUT2D eigenvalue weighted by Crippen LogP contribution is 2.21. The highest BCUT2D eigenvalue weighted by molar-refractivity contribution is 7.91. The summed E-state index contributed by atoms with van der Waals surface area (Å²) in [4.78, 5) is 29.8. The summed E-state index contributed by atoms with van der Waals surface area (Å²) in [5.74, 6) is 0.378. The summed E-state index contributed by atoms with van der Waals surface area (Å²) >= 11 is 0. The Morgan fingerprint density at radius 3 is 2.16 bits per heavy atom. The second-order valence-electron chi connectivity index (χ2n) is 6.54. The van der Waals surface area contributed by atoms with Gasteiger partial charge in [-0.3, -0.25) is 15.1 Å². The van der Waals surface area contributed by atoms with Crippen molar-refractivity contribution in [2.75, 3.05) is 5.32 Å². The monoisotopic (exact) mass is 431 g/mol. The zero-order chi connectivity index (χ0) is 21.8. The van der Waals surface area contributed by atoms with Gasteiger partial charge in [0.15, 0.2) is 5.82 Å². The van der Waals surface area contributed by atoms with Gasteiger partial charge < -0.3 is 0 Å². The van der Waals surface area contributed by atoms with Gasteiger partial charge in [0.05, 0.1) is 9.79 Å². The highest BCUT2D eigenvalue weighted by Gasteiger charge is 2.18. The van der Waals surface area contributed by atoms with E-state index in [1.807, 2.05) is 6.07 Å². The predicted octanol–water partition coefficient (Wildman–Crippen LogP) is 3.33. The van der Waals surface area contributed by atoms with E-state index >= 15 is 0 Å². The number of carbonyl (C=O) groups excluding carboxylic acids is 1. The molecule has 8 nitrogen and oxygen atoms in total. The van der Waals surface area contributed by atoms with Crippen LogP contribution in [0.25, 0.3) is 11.5 Å². The Hall–Kier alpha value is -3.98. The Labute approximate surface area is 179 Å². The van der Waals surface area contributed by atoms with Crippen LogP contribution in [0.2, 0.25) is 0 Å². The molecule has 2 aromatic heterocycles. The lowest BCUT2D eigenvalue weighted by Crippen LogP contribution is -2.16. The number of rotatable bonds is 5. The minimum atomic E-state index is -3.65. The Morgan fingerprint density at radius 2 is 1.48 bits per heavy atom. The maximum Gasteiger partial charge on any atom is 0.258 e. The average Bonchev–Trinajstić information content (AvgIpc) is 2.80. The zero-order valence-electron chi connectivity index (χ0n) is 16.4. The summed E-state index contributed by atoms with van der Waals surface area (Å²) in [6.45, 7) is 1.69. The summed E-state index contributed by atoms with van der Waals surface area (Å²) in [5, 5.41) is 2.62. The molecule has 2 aromatic carbocycles. The van der Waals surface area contributed by atoms with Crippen LogP contribution < -0.4 is 5.32 Å². The van der Waals surface area contributed by atoms with E-state index in [0.717, 1.165) is 0 Å². The number of anilines is 1. The van der Waals surface area contributed by atoms with Crippen LogP contribution >= 0.6 is 0 Å². The Bertz CT molecular complexity index is 1330. The topological polar surface area (TPSA) is 115 Å². The van der Waals surface area contributed by atoms with E-state index in [0.29, 0.717) is 17.3 Å². The number of amides is 1. The third kappa shape index (κ3) is 4.46. The quantitative estimate of drug-likeness (QED) is 0.515. The van der Waals surface area contributed by atoms with E-state index in [4.69, 9.17) is 0 Å². The lowest BCUT2D eigenvalue weighted by Gasteiger charge is -2.08. The van der Waals surface area contributed by atoms with Crippen LogP contribution in [0.3, 0.4) is 0 Å². The van der Waals surface area contributed by atoms with Crippen molar-refractivity contribution in [3.63, 3.8) is 0 Å². The van der Waals surface area contributed by atoms with Crippen LogP contribution in [-0.4, -0.2) is 34.3 Å². The molecule has 0 aliphatic rings. The molecule has 31 heavy (non-hydrogen) atoms. The van der Waals surface area contributed by atoms with Gasteiger partial charge in [0.2, 0.25) is 15.8 Å². The largest absolute Gasteiger partial charge is 0.290 e. The van der Waals surface area contributed by atoms with E-state index in [9.17, 15) is 13.2 Å². The Morgan fingerprint density at radius 1 is 0.806 bits per heavy atom. The average molecular weight is 431 g/mol. The molecule has 0 radical (unpaired) electrons. The van der Waals surface area contributed by atoms with E-state index in [2.05, 4.69) is 25.3 Å². The molecule has 0 aliphatic carbocycles. The van der Waals surface area contributed by atoms with Gasteiger partial charge in [0.1, 0.15) is 11.5 Å². The van der Waals surface area contributed by atoms with Crippen molar-refractivity contribution >= 4 is 21.7 Å². The smallest absolute Gasteiger partial charge is 0.258 e. The predicted molar refractivity (Wildman–Crippen MR) is 114 cm³/mol. The van der Waals surface area contributed by atoms with Crippen molar-refractivity contribution in [1.29, 1.82) is 0 Å². The minimum Gasteiger partial charge on any atom is -0.290 e. The molecular formula is C22H17N5O3S. The number of hydrogen-bond donors (Lipinski definition) is 1. The van der Waals surface area contributed by atoms with Crippen molar-refractivity contribution < 1.29 is 13.2 Å². The standard InChI is InChI=1S/C22H17N5O3S/c1-15-24-20(19-9-5-6-14-23-19)26-22(25-15)27-21(28)16-10-12-18(13-11-16)31(29,30)17-7-3-2-4-8-17/h2-14H,1H3,(H,24,25,26,27,28). The van der Waals surface area contributed by atoms with Crippen LogP contribution in [0, 0.1) is 6.92 Å². The molecule has 0 saturated carbocycles. The molecule has 0 spiro atoms. The molecule has 1 N–H and O–H groups in total. The number of nitrogens with zero attached hydrogens (tertiary/aromatic N) is 4. The number of benzene rings is 2. The molecule has 2 heterocycles. The molecule has 154 valence electrons. The van der Waals surface area contributed by atoms with Crippen LogP contribution in [0.5, 0.6) is 0 Å². The fraction of sp³-hybridized carbons (Fsp3) is 0.0455. The van der Waals surface area contributed by atoms with Crippen molar-refractivity contribution in [3.05, 3.63) is 90.4 Å². The number of aryl methyl sites for hydroxylation is 1. The molecule has 4 rings (SSSR count). The fourth-order valence-electron chi connectivity index (χ4n) is 2.84. The van der Waals surface area contributed by atoms with Crippen LogP contribution in [0.15, 0.2) is 88.8 Å². The van der Waals surface area contributed by atoms with Crippen LogP contribution in [0.1, 0.15) is 16.2 Å². The number of sulfone groups is 1. The molecular weight excluding hydrogens is 414 g/mol. The number of pyridine rings is 1. The highest BCUT2D eigenvalue weighted by atomic mass is 32.2. The lowest BCUT2D eigenvalue weighted by molar-refractivity contribution is 0.102. The molecule has 0 atom stereocenters. The van der Waals surface area contributed by atoms with Gasteiger partial charge in [0.25, 0.3) is 5.91 Å². The molecule has 0 fully saturated rings. The van der Waals surface area contributed by atoms with E-state index in [-0.39, 0.29) is 21.3 Å². The van der Waals surface area contributed by atoms with Gasteiger partial charge in [-0.15, -0.1) is 0 Å². The maximum atomic E-state index is 12.7. The first-order valence-electron chi connectivity index (χ1n) is 9.29. The molecule has 0 saturated heterocycles. The molecule has 9 heteroatoms. The molecule has 0 bridgehead atoms. The number of aromatic nitrogens is 4. The zero-order valence-corrected chi connectivity index (χ0v) is 17.2. The summed E-state index contributed by atoms with van der Waals surface area (Å²) in [6.07, 6.45) is 1.62. The minimum absolute atomic E-state index is 0.0825. The molecule has 0 aliphatic heterocycles. The van der Waals surface area contributed by atoms with Gasteiger partial charge in [-0.2, -0.15) is 9.97 Å². The van der Waals surface area contributed by atoms with Gasteiger partial charge >= 0.3 is 0 Å². The van der Waals surface area contributed by atoms with Crippen molar-refractivity contribution in [2.45, 2.75) is 16.7 Å². The third-order valence-electron chi connectivity index (χ3n) is 4.35. The molecule has 1 amide bonds. The third-order valence-corrected chi connectivity index (χ3v) is 6.13. The summed E-state index contributed by atoms with van der Waals surface area (Å²) < 4.78 is 25.4. The molecule has 4 aromatic rings. The van der Waals surface area contributed by atoms with Gasteiger partial charge in [-0.1, -0.05) is 24.3 Å². The van der Waals surface area contributed by atoms with E-state index in [1.54, 1.807) is 43.5 Å². The van der Waals surface area contributed by atoms with Gasteiger partial charge in [0, 0.05) is 11.8 Å². The summed E-state index contributed by atoms with van der Waals surface area (Å²) in [7, 11) is -3.65. The maximum absolute atomic E-state index is 12.7. The first-order valence-corrected chi connectivity index (χ1v) is 10.8. The number of nitrogens with one attached hydrogen (secondary N) is 1. The van der Waals surface area contributed by atoms with Gasteiger partial charge in [-0.05, 0) is 55.5 Å². The number of hydrogen-bond acceptors (Lipinski definition) is 7. The molecule has 0 unspecified atom stereocenters. The SMILES string of the molecule is Cc1nc(NC(=O)c2ccc(S(=O)(=O)c3ccccc3)cc2)nc(-c2ccccn2)n1. The summed E-state index contributed by atoms with van der Waals surface area (Å²) in [6, 6.07) is 19.1. The van der Waals surface area contributed by atoms with E-state index < -0.39 is 15.7 Å². The van der Waals surface area contributed by atoms with Gasteiger partial charge in [-0.25, -0.2) is 13.4 Å². The summed E-state index contributed by atoms with van der Waals surface area (Å²) in [5.41, 5.74) is 0.823. The lowest BCUT2D eigenvalue weighted by atomic mass is 10.2. The van der Waals surface area contributed by atoms with Crippen LogP contribution in [-0.2, 0) is 9.84 Å². The van der Waals surface area contributed by atoms with Crippen molar-refractivity contribution in [1.82, 2.24) is 19.9 Å².